The Morgan fingerprint density at radius 1 is 1.42 bits per heavy atom. The minimum atomic E-state index is -0.214. The summed E-state index contributed by atoms with van der Waals surface area (Å²) >= 11 is 0. The molecule has 1 aromatic carbocycles. The maximum Gasteiger partial charge on any atom is 0.126 e. The van der Waals surface area contributed by atoms with Crippen LogP contribution in [-0.4, -0.2) is 4.98 Å². The molecule has 2 nitrogen and oxygen atoms in total. The lowest BCUT2D eigenvalue weighted by Gasteiger charge is -1.96. The monoisotopic (exact) mass is 164 g/mol. The van der Waals surface area contributed by atoms with Crippen molar-refractivity contribution >= 4 is 16.6 Å². The van der Waals surface area contributed by atoms with Crippen molar-refractivity contribution in [2.45, 2.75) is 6.92 Å². The Balaban J connectivity index is 2.87. The number of aromatic nitrogens is 1. The van der Waals surface area contributed by atoms with Gasteiger partial charge in [-0.2, -0.15) is 0 Å². The van der Waals surface area contributed by atoms with Crippen LogP contribution in [0.3, 0.4) is 0 Å². The van der Waals surface area contributed by atoms with Gasteiger partial charge in [-0.3, -0.25) is 0 Å². The zero-order valence-electron chi connectivity index (χ0n) is 6.69. The van der Waals surface area contributed by atoms with Gasteiger partial charge < -0.3 is 10.7 Å². The molecule has 0 fully saturated rings. The minimum absolute atomic E-state index is 0.214. The minimum Gasteiger partial charge on any atom is -0.397 e. The maximum atomic E-state index is 13.0. The van der Waals surface area contributed by atoms with Gasteiger partial charge >= 0.3 is 0 Å². The van der Waals surface area contributed by atoms with Crippen LogP contribution in [-0.2, 0) is 0 Å². The topological polar surface area (TPSA) is 41.8 Å². The fourth-order valence-corrected chi connectivity index (χ4v) is 1.27. The molecule has 0 atom stereocenters. The normalized spacial score (nSPS) is 10.8. The summed E-state index contributed by atoms with van der Waals surface area (Å²) in [6, 6.07) is 3.21. The molecular formula is C9H9FN2. The third-order valence-electron chi connectivity index (χ3n) is 1.99. The van der Waals surface area contributed by atoms with Crippen LogP contribution in [0.2, 0.25) is 0 Å². The van der Waals surface area contributed by atoms with Crippen LogP contribution in [0.5, 0.6) is 0 Å². The standard InChI is InChI=1S/C9H9FN2/c1-5-2-9-6(3-7(5)10)8(11)4-12-9/h2-4,12H,11H2,1H3. The molecule has 0 spiro atoms. The Bertz CT molecular complexity index is 431. The average Bonchev–Trinajstić information content (AvgIpc) is 2.35. The molecule has 0 amide bonds. The summed E-state index contributed by atoms with van der Waals surface area (Å²) in [5, 5.41) is 0.748. The van der Waals surface area contributed by atoms with Gasteiger partial charge in [-0.05, 0) is 24.6 Å². The first-order chi connectivity index (χ1) is 5.68. The van der Waals surface area contributed by atoms with Crippen LogP contribution < -0.4 is 5.73 Å². The van der Waals surface area contributed by atoms with E-state index < -0.39 is 0 Å². The van der Waals surface area contributed by atoms with Gasteiger partial charge in [0.2, 0.25) is 0 Å². The van der Waals surface area contributed by atoms with E-state index in [-0.39, 0.29) is 5.82 Å². The number of benzene rings is 1. The number of aryl methyl sites for hydroxylation is 1. The van der Waals surface area contributed by atoms with Gasteiger partial charge in [0.05, 0.1) is 5.69 Å². The number of aromatic amines is 1. The lowest BCUT2D eigenvalue weighted by Crippen LogP contribution is -1.84. The number of rotatable bonds is 0. The largest absolute Gasteiger partial charge is 0.397 e. The highest BCUT2D eigenvalue weighted by Crippen LogP contribution is 2.22. The van der Waals surface area contributed by atoms with Gasteiger partial charge in [0.1, 0.15) is 5.82 Å². The van der Waals surface area contributed by atoms with E-state index in [0.717, 1.165) is 10.9 Å². The van der Waals surface area contributed by atoms with Crippen molar-refractivity contribution in [1.82, 2.24) is 4.98 Å². The third kappa shape index (κ3) is 0.863. The fraction of sp³-hybridized carbons (Fsp3) is 0.111. The molecule has 62 valence electrons. The predicted octanol–water partition coefficient (Wildman–Crippen LogP) is 2.20. The van der Waals surface area contributed by atoms with E-state index >= 15 is 0 Å². The van der Waals surface area contributed by atoms with E-state index in [4.69, 9.17) is 5.73 Å². The Labute approximate surface area is 69.2 Å². The molecule has 3 N–H and O–H groups in total. The van der Waals surface area contributed by atoms with Crippen LogP contribution in [0.4, 0.5) is 10.1 Å². The summed E-state index contributed by atoms with van der Waals surface area (Å²) in [5.41, 5.74) is 7.69. The molecule has 1 aromatic heterocycles. The number of hydrogen-bond acceptors (Lipinski definition) is 1. The van der Waals surface area contributed by atoms with E-state index in [2.05, 4.69) is 4.98 Å². The highest BCUT2D eigenvalue weighted by Gasteiger charge is 2.03. The number of hydrogen-bond donors (Lipinski definition) is 2. The number of anilines is 1. The van der Waals surface area contributed by atoms with Crippen molar-refractivity contribution in [1.29, 1.82) is 0 Å². The summed E-state index contributed by atoms with van der Waals surface area (Å²) in [6.07, 6.45) is 1.67. The van der Waals surface area contributed by atoms with E-state index in [1.54, 1.807) is 19.2 Å². The van der Waals surface area contributed by atoms with Crippen molar-refractivity contribution < 1.29 is 4.39 Å². The van der Waals surface area contributed by atoms with Crippen molar-refractivity contribution in [3.63, 3.8) is 0 Å². The lowest BCUT2D eigenvalue weighted by molar-refractivity contribution is 0.620. The van der Waals surface area contributed by atoms with Crippen LogP contribution in [0.1, 0.15) is 5.56 Å². The first-order valence-electron chi connectivity index (χ1n) is 3.71. The van der Waals surface area contributed by atoms with E-state index in [1.807, 2.05) is 0 Å². The highest BCUT2D eigenvalue weighted by molar-refractivity contribution is 5.91. The molecule has 1 heterocycles. The predicted molar refractivity (Wildman–Crippen MR) is 47.4 cm³/mol. The van der Waals surface area contributed by atoms with Crippen molar-refractivity contribution in [3.8, 4) is 0 Å². The molecule has 2 rings (SSSR count). The molecule has 12 heavy (non-hydrogen) atoms. The molecule has 0 radical (unpaired) electrons. The van der Waals surface area contributed by atoms with Crippen LogP contribution in [0.15, 0.2) is 18.3 Å². The SMILES string of the molecule is Cc1cc2[nH]cc(N)c2cc1F. The maximum absolute atomic E-state index is 13.0. The lowest BCUT2D eigenvalue weighted by atomic mass is 10.1. The molecule has 0 aliphatic rings. The first kappa shape index (κ1) is 7.16. The third-order valence-corrected chi connectivity index (χ3v) is 1.99. The van der Waals surface area contributed by atoms with E-state index in [9.17, 15) is 4.39 Å². The fourth-order valence-electron chi connectivity index (χ4n) is 1.27. The van der Waals surface area contributed by atoms with E-state index in [0.29, 0.717) is 11.3 Å². The average molecular weight is 164 g/mol. The van der Waals surface area contributed by atoms with Gasteiger partial charge in [0, 0.05) is 17.1 Å². The summed E-state index contributed by atoms with van der Waals surface area (Å²) in [7, 11) is 0. The second-order valence-corrected chi connectivity index (χ2v) is 2.89. The highest BCUT2D eigenvalue weighted by atomic mass is 19.1. The van der Waals surface area contributed by atoms with Gasteiger partial charge in [-0.25, -0.2) is 4.39 Å². The van der Waals surface area contributed by atoms with Crippen molar-refractivity contribution in [3.05, 3.63) is 29.7 Å². The Morgan fingerprint density at radius 2 is 2.17 bits per heavy atom. The molecule has 0 unspecified atom stereocenters. The Kier molecular flexibility index (Phi) is 1.33. The van der Waals surface area contributed by atoms with Crippen LogP contribution in [0.25, 0.3) is 10.9 Å². The molecule has 0 bridgehead atoms. The van der Waals surface area contributed by atoms with Gasteiger partial charge in [-0.15, -0.1) is 0 Å². The smallest absolute Gasteiger partial charge is 0.126 e. The van der Waals surface area contributed by atoms with Crippen LogP contribution in [0, 0.1) is 12.7 Å². The molecule has 0 aliphatic heterocycles. The van der Waals surface area contributed by atoms with Gasteiger partial charge in [0.15, 0.2) is 0 Å². The number of nitrogen functional groups attached to an aromatic ring is 1. The van der Waals surface area contributed by atoms with Gasteiger partial charge in [-0.1, -0.05) is 0 Å². The summed E-state index contributed by atoms with van der Waals surface area (Å²) in [4.78, 5) is 2.96. The molecule has 0 saturated heterocycles. The van der Waals surface area contributed by atoms with E-state index in [1.165, 1.54) is 6.07 Å². The number of fused-ring (bicyclic) bond motifs is 1. The van der Waals surface area contributed by atoms with Gasteiger partial charge in [0.25, 0.3) is 0 Å². The Hall–Kier alpha value is -1.51. The quantitative estimate of drug-likeness (QED) is 0.615. The molecule has 0 saturated carbocycles. The molecule has 3 heteroatoms. The summed E-state index contributed by atoms with van der Waals surface area (Å²) in [5.74, 6) is -0.214. The van der Waals surface area contributed by atoms with Crippen molar-refractivity contribution in [2.75, 3.05) is 5.73 Å². The second-order valence-electron chi connectivity index (χ2n) is 2.89. The molecule has 2 aromatic rings. The van der Waals surface area contributed by atoms with Crippen LogP contribution >= 0.6 is 0 Å². The zero-order valence-corrected chi connectivity index (χ0v) is 6.69. The summed E-state index contributed by atoms with van der Waals surface area (Å²) < 4.78 is 13.0. The first-order valence-corrected chi connectivity index (χ1v) is 3.71. The molecule has 0 aliphatic carbocycles. The number of halogens is 1. The number of nitrogens with one attached hydrogen (secondary N) is 1. The zero-order chi connectivity index (χ0) is 8.72. The number of nitrogens with two attached hydrogens (primary N) is 1. The second kappa shape index (κ2) is 2.24. The molecular weight excluding hydrogens is 155 g/mol. The Morgan fingerprint density at radius 3 is 2.92 bits per heavy atom. The number of H-pyrrole nitrogens is 1. The summed E-state index contributed by atoms with van der Waals surface area (Å²) in [6.45, 7) is 1.73. The van der Waals surface area contributed by atoms with Crippen molar-refractivity contribution in [2.24, 2.45) is 0 Å².